The number of carbonyl (C=O) groups is 1. The molecule has 0 spiro atoms. The predicted octanol–water partition coefficient (Wildman–Crippen LogP) is 4.54. The number of aromatic nitrogens is 2. The van der Waals surface area contributed by atoms with Crippen LogP contribution in [0.5, 0.6) is 5.75 Å². The number of carbonyl (C=O) groups excluding carboxylic acids is 1. The first kappa shape index (κ1) is 20.1. The van der Waals surface area contributed by atoms with Crippen LogP contribution in [0, 0.1) is 0 Å². The van der Waals surface area contributed by atoms with Crippen LogP contribution in [0.3, 0.4) is 0 Å². The molecule has 1 N–H and O–H groups in total. The number of nitrogens with zero attached hydrogens (tertiary/aromatic N) is 2. The largest absolute Gasteiger partial charge is 0.573 e. The van der Waals surface area contributed by atoms with Crippen LogP contribution in [-0.4, -0.2) is 22.1 Å². The summed E-state index contributed by atoms with van der Waals surface area (Å²) < 4.78 is 42.4. The third-order valence-corrected chi connectivity index (χ3v) is 4.35. The van der Waals surface area contributed by atoms with Crippen molar-refractivity contribution in [2.45, 2.75) is 6.36 Å². The highest BCUT2D eigenvalue weighted by Gasteiger charge is 2.31. The minimum absolute atomic E-state index is 0.0544. The van der Waals surface area contributed by atoms with Gasteiger partial charge in [0.1, 0.15) is 5.75 Å². The molecule has 0 fully saturated rings. The molecule has 1 aromatic heterocycles. The fourth-order valence-corrected chi connectivity index (χ4v) is 3.06. The molecule has 0 bridgehead atoms. The minimum Gasteiger partial charge on any atom is -0.406 e. The van der Waals surface area contributed by atoms with Gasteiger partial charge in [0.2, 0.25) is 0 Å². The number of benzene rings is 3. The van der Waals surface area contributed by atoms with E-state index >= 15 is 0 Å². The molecule has 0 saturated carbocycles. The summed E-state index contributed by atoms with van der Waals surface area (Å²) in [6.07, 6.45) is -4.86. The molecule has 4 rings (SSSR count). The third-order valence-electron chi connectivity index (χ3n) is 4.35. The Balaban J connectivity index is 1.76. The number of nitrogens with one attached hydrogen (secondary N) is 1. The maximum Gasteiger partial charge on any atom is 0.573 e. The molecule has 0 aliphatic heterocycles. The number of anilines is 1. The van der Waals surface area contributed by atoms with Crippen LogP contribution in [-0.2, 0) is 0 Å². The zero-order valence-corrected chi connectivity index (χ0v) is 15.8. The van der Waals surface area contributed by atoms with Crippen LogP contribution in [0.15, 0.2) is 83.7 Å². The van der Waals surface area contributed by atoms with Gasteiger partial charge in [-0.3, -0.25) is 9.59 Å². The zero-order chi connectivity index (χ0) is 22.0. The molecular formula is C22H14F3N3O3. The molecule has 3 aromatic carbocycles. The van der Waals surface area contributed by atoms with Gasteiger partial charge in [0.05, 0.1) is 11.1 Å². The van der Waals surface area contributed by atoms with Gasteiger partial charge in [0.15, 0.2) is 5.69 Å². The number of rotatable bonds is 4. The molecule has 1 amide bonds. The lowest BCUT2D eigenvalue weighted by molar-refractivity contribution is -0.274. The van der Waals surface area contributed by atoms with Crippen molar-refractivity contribution in [3.8, 4) is 11.4 Å². The number of hydrogen-bond acceptors (Lipinski definition) is 4. The lowest BCUT2D eigenvalue weighted by atomic mass is 10.1. The highest BCUT2D eigenvalue weighted by molar-refractivity contribution is 6.11. The van der Waals surface area contributed by atoms with E-state index in [1.807, 2.05) is 0 Å². The van der Waals surface area contributed by atoms with Gasteiger partial charge in [-0.05, 0) is 30.3 Å². The van der Waals surface area contributed by atoms with Gasteiger partial charge >= 0.3 is 6.36 Å². The van der Waals surface area contributed by atoms with Crippen LogP contribution in [0.2, 0.25) is 0 Å². The van der Waals surface area contributed by atoms with Crippen molar-refractivity contribution < 1.29 is 22.7 Å². The van der Waals surface area contributed by atoms with Crippen molar-refractivity contribution in [2.24, 2.45) is 0 Å². The molecule has 0 atom stereocenters. The topological polar surface area (TPSA) is 73.2 Å². The summed E-state index contributed by atoms with van der Waals surface area (Å²) in [5.41, 5.74) is 0.0862. The minimum atomic E-state index is -4.86. The molecular weight excluding hydrogens is 411 g/mol. The van der Waals surface area contributed by atoms with Gasteiger partial charge in [-0.2, -0.15) is 9.78 Å². The second kappa shape index (κ2) is 7.94. The Morgan fingerprint density at radius 3 is 2.29 bits per heavy atom. The molecule has 31 heavy (non-hydrogen) atoms. The van der Waals surface area contributed by atoms with Gasteiger partial charge in [-0.15, -0.1) is 13.2 Å². The Kier molecular flexibility index (Phi) is 5.16. The number of alkyl halides is 3. The van der Waals surface area contributed by atoms with Crippen LogP contribution in [0.25, 0.3) is 16.5 Å². The Hall–Kier alpha value is -4.14. The monoisotopic (exact) mass is 425 g/mol. The number of halogens is 3. The third kappa shape index (κ3) is 4.40. The van der Waals surface area contributed by atoms with E-state index in [0.29, 0.717) is 11.1 Å². The number of fused-ring (bicyclic) bond motifs is 1. The fraction of sp³-hybridized carbons (Fsp3) is 0.0455. The molecule has 6 nitrogen and oxygen atoms in total. The van der Waals surface area contributed by atoms with E-state index in [2.05, 4.69) is 15.2 Å². The first-order valence-corrected chi connectivity index (χ1v) is 9.06. The second-order valence-corrected chi connectivity index (χ2v) is 6.48. The average Bonchev–Trinajstić information content (AvgIpc) is 2.74. The molecule has 0 saturated heterocycles. The van der Waals surface area contributed by atoms with E-state index in [1.165, 1.54) is 12.1 Å². The maximum absolute atomic E-state index is 13.0. The van der Waals surface area contributed by atoms with Crippen molar-refractivity contribution >= 4 is 22.4 Å². The summed E-state index contributed by atoms with van der Waals surface area (Å²) >= 11 is 0. The number of hydrogen-bond donors (Lipinski definition) is 1. The molecule has 0 unspecified atom stereocenters. The SMILES string of the molecule is O=C(Nc1cccc(OC(F)(F)F)c1)c1nn(-c2ccccc2)c(=O)c2ccccc12. The van der Waals surface area contributed by atoms with E-state index < -0.39 is 23.6 Å². The Labute approximate surface area is 173 Å². The quantitative estimate of drug-likeness (QED) is 0.521. The molecule has 156 valence electrons. The van der Waals surface area contributed by atoms with E-state index in [-0.39, 0.29) is 16.8 Å². The highest BCUT2D eigenvalue weighted by atomic mass is 19.4. The molecule has 9 heteroatoms. The molecule has 0 aliphatic carbocycles. The summed E-state index contributed by atoms with van der Waals surface area (Å²) in [5.74, 6) is -1.16. The van der Waals surface area contributed by atoms with Crippen molar-refractivity contribution in [1.29, 1.82) is 0 Å². The van der Waals surface area contributed by atoms with E-state index in [4.69, 9.17) is 0 Å². The molecule has 0 aliphatic rings. The normalized spacial score (nSPS) is 11.3. The Morgan fingerprint density at radius 1 is 0.903 bits per heavy atom. The number of para-hydroxylation sites is 1. The fourth-order valence-electron chi connectivity index (χ4n) is 3.06. The van der Waals surface area contributed by atoms with Crippen molar-refractivity contribution in [3.63, 3.8) is 0 Å². The second-order valence-electron chi connectivity index (χ2n) is 6.48. The highest BCUT2D eigenvalue weighted by Crippen LogP contribution is 2.25. The molecule has 4 aromatic rings. The Morgan fingerprint density at radius 2 is 1.58 bits per heavy atom. The first-order valence-electron chi connectivity index (χ1n) is 9.06. The summed E-state index contributed by atoms with van der Waals surface area (Å²) in [4.78, 5) is 25.9. The lowest BCUT2D eigenvalue weighted by Gasteiger charge is -2.12. The lowest BCUT2D eigenvalue weighted by Crippen LogP contribution is -2.26. The standard InChI is InChI=1S/C22H14F3N3O3/c23-22(24,25)31-16-10-6-7-14(13-16)26-20(29)19-17-11-4-5-12-18(17)21(30)28(27-19)15-8-2-1-3-9-15/h1-13H,(H,26,29). The number of ether oxygens (including phenoxy) is 1. The summed E-state index contributed by atoms with van der Waals surface area (Å²) in [5, 5.41) is 7.34. The van der Waals surface area contributed by atoms with Crippen molar-refractivity contribution in [2.75, 3.05) is 5.32 Å². The zero-order valence-electron chi connectivity index (χ0n) is 15.8. The van der Waals surface area contributed by atoms with Crippen LogP contribution in [0.1, 0.15) is 10.5 Å². The number of amides is 1. The van der Waals surface area contributed by atoms with Crippen LogP contribution < -0.4 is 15.6 Å². The van der Waals surface area contributed by atoms with Crippen LogP contribution >= 0.6 is 0 Å². The van der Waals surface area contributed by atoms with Gasteiger partial charge in [-0.25, -0.2) is 0 Å². The average molecular weight is 425 g/mol. The summed E-state index contributed by atoms with van der Waals surface area (Å²) in [7, 11) is 0. The van der Waals surface area contributed by atoms with Crippen LogP contribution in [0.4, 0.5) is 18.9 Å². The van der Waals surface area contributed by atoms with E-state index in [0.717, 1.165) is 16.8 Å². The summed E-state index contributed by atoms with van der Waals surface area (Å²) in [6.45, 7) is 0. The smallest absolute Gasteiger partial charge is 0.406 e. The van der Waals surface area contributed by atoms with Gasteiger partial charge in [-0.1, -0.05) is 42.5 Å². The van der Waals surface area contributed by atoms with Gasteiger partial charge < -0.3 is 10.1 Å². The van der Waals surface area contributed by atoms with Crippen molar-refractivity contribution in [3.05, 3.63) is 94.9 Å². The van der Waals surface area contributed by atoms with Gasteiger partial charge in [0, 0.05) is 17.1 Å². The predicted molar refractivity (Wildman–Crippen MR) is 108 cm³/mol. The van der Waals surface area contributed by atoms with Gasteiger partial charge in [0.25, 0.3) is 11.5 Å². The summed E-state index contributed by atoms with van der Waals surface area (Å²) in [6, 6.07) is 19.9. The maximum atomic E-state index is 13.0. The Bertz CT molecular complexity index is 1320. The van der Waals surface area contributed by atoms with E-state index in [9.17, 15) is 22.8 Å². The first-order chi connectivity index (χ1) is 14.8. The van der Waals surface area contributed by atoms with Crippen molar-refractivity contribution in [1.82, 2.24) is 9.78 Å². The molecule has 0 radical (unpaired) electrons. The van der Waals surface area contributed by atoms with E-state index in [1.54, 1.807) is 54.6 Å². The molecule has 1 heterocycles.